The summed E-state index contributed by atoms with van der Waals surface area (Å²) in [6.45, 7) is 1.74. The number of halogens is 1. The van der Waals surface area contributed by atoms with E-state index >= 15 is 0 Å². The highest BCUT2D eigenvalue weighted by atomic mass is 19.1. The van der Waals surface area contributed by atoms with Crippen molar-refractivity contribution in [1.29, 1.82) is 0 Å². The number of amides is 2. The lowest BCUT2D eigenvalue weighted by molar-refractivity contribution is 0.221. The van der Waals surface area contributed by atoms with Crippen molar-refractivity contribution in [1.82, 2.24) is 9.47 Å². The van der Waals surface area contributed by atoms with Crippen LogP contribution in [0.1, 0.15) is 6.42 Å². The number of urea groups is 1. The molecule has 6 nitrogen and oxygen atoms in total. The molecule has 0 aliphatic carbocycles. The first-order chi connectivity index (χ1) is 11.6. The van der Waals surface area contributed by atoms with Crippen LogP contribution < -0.4 is 16.6 Å². The molecule has 3 N–H and O–H groups in total. The van der Waals surface area contributed by atoms with E-state index in [1.165, 1.54) is 22.8 Å². The maximum atomic E-state index is 14.3. The van der Waals surface area contributed by atoms with Crippen LogP contribution in [0.2, 0.25) is 0 Å². The quantitative estimate of drug-likeness (QED) is 0.900. The van der Waals surface area contributed by atoms with Gasteiger partial charge >= 0.3 is 6.03 Å². The molecule has 24 heavy (non-hydrogen) atoms. The Bertz CT molecular complexity index is 805. The van der Waals surface area contributed by atoms with Crippen molar-refractivity contribution >= 4 is 11.7 Å². The van der Waals surface area contributed by atoms with E-state index in [4.69, 9.17) is 5.73 Å². The molecule has 1 fully saturated rings. The third-order valence-corrected chi connectivity index (χ3v) is 4.20. The molecule has 126 valence electrons. The summed E-state index contributed by atoms with van der Waals surface area (Å²) in [5.41, 5.74) is 5.85. The van der Waals surface area contributed by atoms with Crippen LogP contribution in [0.4, 0.5) is 14.9 Å². The molecule has 7 heteroatoms. The van der Waals surface area contributed by atoms with E-state index in [2.05, 4.69) is 5.32 Å². The number of carbonyl (C=O) groups is 1. The normalized spacial score (nSPS) is 17.1. The van der Waals surface area contributed by atoms with Crippen LogP contribution in [0.5, 0.6) is 0 Å². The molecule has 0 spiro atoms. The van der Waals surface area contributed by atoms with E-state index in [9.17, 15) is 14.0 Å². The van der Waals surface area contributed by atoms with Crippen LogP contribution in [0.3, 0.4) is 0 Å². The molecule has 1 unspecified atom stereocenters. The number of hydrogen-bond acceptors (Lipinski definition) is 3. The summed E-state index contributed by atoms with van der Waals surface area (Å²) in [6, 6.07) is 8.64. The van der Waals surface area contributed by atoms with Gasteiger partial charge in [-0.15, -0.1) is 0 Å². The van der Waals surface area contributed by atoms with E-state index in [1.54, 1.807) is 29.3 Å². The van der Waals surface area contributed by atoms with Crippen molar-refractivity contribution in [3.63, 3.8) is 0 Å². The van der Waals surface area contributed by atoms with Gasteiger partial charge in [0.25, 0.3) is 5.56 Å². The molecule has 3 rings (SSSR count). The first kappa shape index (κ1) is 16.2. The van der Waals surface area contributed by atoms with Gasteiger partial charge in [-0.2, -0.15) is 0 Å². The van der Waals surface area contributed by atoms with Crippen molar-refractivity contribution in [3.05, 3.63) is 58.8 Å². The predicted molar refractivity (Wildman–Crippen MR) is 89.8 cm³/mol. The van der Waals surface area contributed by atoms with Gasteiger partial charge in [-0.3, -0.25) is 9.36 Å². The maximum absolute atomic E-state index is 14.3. The second kappa shape index (κ2) is 6.84. The molecule has 1 aromatic carbocycles. The van der Waals surface area contributed by atoms with Crippen LogP contribution in [0.25, 0.3) is 5.69 Å². The predicted octanol–water partition coefficient (Wildman–Crippen LogP) is 1.79. The molecule has 0 radical (unpaired) electrons. The molecule has 1 aromatic heterocycles. The zero-order valence-electron chi connectivity index (χ0n) is 13.1. The molecule has 1 aliphatic heterocycles. The summed E-state index contributed by atoms with van der Waals surface area (Å²) in [4.78, 5) is 25.6. The number of nitrogens with one attached hydrogen (secondary N) is 1. The minimum Gasteiger partial charge on any atom is -0.330 e. The number of nitrogens with two attached hydrogens (primary N) is 1. The van der Waals surface area contributed by atoms with Crippen molar-refractivity contribution < 1.29 is 9.18 Å². The monoisotopic (exact) mass is 330 g/mol. The fraction of sp³-hybridized carbons (Fsp3) is 0.294. The summed E-state index contributed by atoms with van der Waals surface area (Å²) < 4.78 is 15.6. The van der Waals surface area contributed by atoms with Gasteiger partial charge in [-0.1, -0.05) is 6.07 Å². The third-order valence-electron chi connectivity index (χ3n) is 4.20. The third kappa shape index (κ3) is 3.30. The molecule has 2 aromatic rings. The van der Waals surface area contributed by atoms with Crippen molar-refractivity contribution in [3.8, 4) is 5.69 Å². The van der Waals surface area contributed by atoms with E-state index in [-0.39, 0.29) is 17.3 Å². The minimum absolute atomic E-state index is 0.0870. The van der Waals surface area contributed by atoms with Crippen LogP contribution in [0.15, 0.2) is 47.4 Å². The SMILES string of the molecule is NCC1CCN(C(=O)Nc2ccc(-n3ccccc3=O)cc2F)C1. The van der Waals surface area contributed by atoms with Gasteiger partial charge in [0.05, 0.1) is 11.4 Å². The van der Waals surface area contributed by atoms with Crippen LogP contribution in [0, 0.1) is 11.7 Å². The molecule has 2 heterocycles. The summed E-state index contributed by atoms with van der Waals surface area (Å²) in [5.74, 6) is -0.292. The fourth-order valence-corrected chi connectivity index (χ4v) is 2.80. The van der Waals surface area contributed by atoms with E-state index in [1.807, 2.05) is 0 Å². The summed E-state index contributed by atoms with van der Waals surface area (Å²) >= 11 is 0. The number of anilines is 1. The first-order valence-electron chi connectivity index (χ1n) is 7.82. The Balaban J connectivity index is 1.75. The van der Waals surface area contributed by atoms with E-state index in [0.29, 0.717) is 31.2 Å². The van der Waals surface area contributed by atoms with Crippen LogP contribution in [-0.4, -0.2) is 35.1 Å². The second-order valence-electron chi connectivity index (χ2n) is 5.84. The number of aromatic nitrogens is 1. The van der Waals surface area contributed by atoms with Gasteiger partial charge in [0.15, 0.2) is 0 Å². The maximum Gasteiger partial charge on any atom is 0.321 e. The fourth-order valence-electron chi connectivity index (χ4n) is 2.80. The van der Waals surface area contributed by atoms with Crippen LogP contribution in [-0.2, 0) is 0 Å². The highest BCUT2D eigenvalue weighted by molar-refractivity contribution is 5.89. The standard InChI is InChI=1S/C17H19FN4O2/c18-14-9-13(22-7-2-1-3-16(22)23)4-5-15(14)20-17(24)21-8-6-12(10-19)11-21/h1-5,7,9,12H,6,8,10-11,19H2,(H,20,24). The van der Waals surface area contributed by atoms with Gasteiger partial charge in [0.1, 0.15) is 5.82 Å². The number of carbonyl (C=O) groups excluding carboxylic acids is 1. The van der Waals surface area contributed by atoms with Gasteiger partial charge in [0.2, 0.25) is 0 Å². The largest absolute Gasteiger partial charge is 0.330 e. The van der Waals surface area contributed by atoms with Gasteiger partial charge in [-0.05, 0) is 37.1 Å². The van der Waals surface area contributed by atoms with Crippen LogP contribution >= 0.6 is 0 Å². The molecule has 1 saturated heterocycles. The average Bonchev–Trinajstić information content (AvgIpc) is 3.06. The lowest BCUT2D eigenvalue weighted by Crippen LogP contribution is -2.34. The second-order valence-corrected chi connectivity index (χ2v) is 5.84. The Morgan fingerprint density at radius 2 is 2.17 bits per heavy atom. The van der Waals surface area contributed by atoms with Crippen molar-refractivity contribution in [2.45, 2.75) is 6.42 Å². The number of likely N-dealkylation sites (tertiary alicyclic amines) is 1. The van der Waals surface area contributed by atoms with E-state index < -0.39 is 5.82 Å². The zero-order chi connectivity index (χ0) is 17.1. The molecule has 0 bridgehead atoms. The summed E-state index contributed by atoms with van der Waals surface area (Å²) in [6.07, 6.45) is 2.43. The minimum atomic E-state index is -0.592. The highest BCUT2D eigenvalue weighted by Crippen LogP contribution is 2.20. The first-order valence-corrected chi connectivity index (χ1v) is 7.82. The summed E-state index contributed by atoms with van der Waals surface area (Å²) in [7, 11) is 0. The lowest BCUT2D eigenvalue weighted by Gasteiger charge is -2.17. The number of nitrogens with zero attached hydrogens (tertiary/aromatic N) is 2. The topological polar surface area (TPSA) is 80.4 Å². The zero-order valence-corrected chi connectivity index (χ0v) is 13.1. The summed E-state index contributed by atoms with van der Waals surface area (Å²) in [5, 5.41) is 2.57. The van der Waals surface area contributed by atoms with Crippen molar-refractivity contribution in [2.75, 3.05) is 25.0 Å². The van der Waals surface area contributed by atoms with Gasteiger partial charge < -0.3 is 16.0 Å². The van der Waals surface area contributed by atoms with Gasteiger partial charge in [0, 0.05) is 31.4 Å². The number of pyridine rings is 1. The number of benzene rings is 1. The Kier molecular flexibility index (Phi) is 4.61. The molecule has 1 atom stereocenters. The average molecular weight is 330 g/mol. The number of rotatable bonds is 3. The Morgan fingerprint density at radius 3 is 2.83 bits per heavy atom. The highest BCUT2D eigenvalue weighted by Gasteiger charge is 2.25. The van der Waals surface area contributed by atoms with Gasteiger partial charge in [-0.25, -0.2) is 9.18 Å². The lowest BCUT2D eigenvalue weighted by atomic mass is 10.1. The Hall–Kier alpha value is -2.67. The molecule has 1 aliphatic rings. The van der Waals surface area contributed by atoms with E-state index in [0.717, 1.165) is 6.42 Å². The van der Waals surface area contributed by atoms with Crippen molar-refractivity contribution in [2.24, 2.45) is 11.7 Å². The number of hydrogen-bond donors (Lipinski definition) is 2. The molecule has 0 saturated carbocycles. The Labute approximate surface area is 138 Å². The Morgan fingerprint density at radius 1 is 1.33 bits per heavy atom. The molecular formula is C17H19FN4O2. The molecule has 2 amide bonds. The smallest absolute Gasteiger partial charge is 0.321 e. The molecular weight excluding hydrogens is 311 g/mol.